The fraction of sp³-hybridized carbons (Fsp3) is 0.429. The lowest BCUT2D eigenvalue weighted by atomic mass is 9.77. The van der Waals surface area contributed by atoms with Crippen LogP contribution in [0.1, 0.15) is 25.7 Å². The third-order valence-corrected chi connectivity index (χ3v) is 7.93. The Bertz CT molecular complexity index is 1460. The summed E-state index contributed by atoms with van der Waals surface area (Å²) in [4.78, 5) is 46.7. The van der Waals surface area contributed by atoms with Crippen molar-refractivity contribution >= 4 is 28.5 Å². The number of fused-ring (bicyclic) bond motifs is 2. The first-order valence-electron chi connectivity index (χ1n) is 13.0. The molecule has 2 fully saturated rings. The Morgan fingerprint density at radius 3 is 2.63 bits per heavy atom. The zero-order chi connectivity index (χ0) is 26.3. The third kappa shape index (κ3) is 4.44. The summed E-state index contributed by atoms with van der Waals surface area (Å²) < 4.78 is 18.1. The highest BCUT2D eigenvalue weighted by Crippen LogP contribution is 2.44. The van der Waals surface area contributed by atoms with Crippen molar-refractivity contribution < 1.29 is 23.8 Å². The molecule has 5 heterocycles. The lowest BCUT2D eigenvalue weighted by Crippen LogP contribution is -2.44. The van der Waals surface area contributed by atoms with Gasteiger partial charge in [-0.25, -0.2) is 0 Å². The molecule has 2 amide bonds. The number of carbonyl (C=O) groups is 2. The van der Waals surface area contributed by atoms with E-state index in [1.54, 1.807) is 30.0 Å². The Hall–Kier alpha value is -4.08. The molecule has 6 rings (SSSR count). The number of aryl methyl sites for hydroxylation is 1. The molecule has 0 atom stereocenters. The minimum absolute atomic E-state index is 0.00706. The van der Waals surface area contributed by atoms with E-state index in [1.165, 1.54) is 6.07 Å². The summed E-state index contributed by atoms with van der Waals surface area (Å²) in [6.07, 6.45) is 3.82. The maximum atomic E-state index is 13.1. The van der Waals surface area contributed by atoms with Gasteiger partial charge in [0.25, 0.3) is 5.56 Å². The largest absolute Gasteiger partial charge is 0.495 e. The van der Waals surface area contributed by atoms with Crippen LogP contribution in [0, 0.1) is 5.41 Å². The Morgan fingerprint density at radius 2 is 1.84 bits per heavy atom. The van der Waals surface area contributed by atoms with E-state index in [-0.39, 0.29) is 35.8 Å². The first-order valence-corrected chi connectivity index (χ1v) is 13.0. The summed E-state index contributed by atoms with van der Waals surface area (Å²) in [5, 5.41) is 0. The van der Waals surface area contributed by atoms with Crippen molar-refractivity contribution in [1.29, 1.82) is 0 Å². The fourth-order valence-electron chi connectivity index (χ4n) is 5.75. The van der Waals surface area contributed by atoms with Gasteiger partial charge in [-0.1, -0.05) is 0 Å². The van der Waals surface area contributed by atoms with E-state index < -0.39 is 0 Å². The number of piperidine rings is 1. The summed E-state index contributed by atoms with van der Waals surface area (Å²) in [6.45, 7) is 3.12. The average molecular weight is 519 g/mol. The zero-order valence-electron chi connectivity index (χ0n) is 21.4. The second-order valence-corrected chi connectivity index (χ2v) is 10.2. The van der Waals surface area contributed by atoms with Crippen molar-refractivity contribution in [2.24, 2.45) is 5.41 Å². The molecule has 3 aromatic rings. The van der Waals surface area contributed by atoms with Gasteiger partial charge in [0.15, 0.2) is 11.5 Å². The average Bonchev–Trinajstić information content (AvgIpc) is 3.27. The first-order chi connectivity index (χ1) is 18.4. The molecule has 2 saturated heterocycles. The van der Waals surface area contributed by atoms with Gasteiger partial charge in [0.2, 0.25) is 11.8 Å². The smallest absolute Gasteiger partial charge is 0.251 e. The van der Waals surface area contributed by atoms with E-state index in [2.05, 4.69) is 4.98 Å². The molecule has 38 heavy (non-hydrogen) atoms. The predicted molar refractivity (Wildman–Crippen MR) is 140 cm³/mol. The third-order valence-electron chi connectivity index (χ3n) is 7.93. The van der Waals surface area contributed by atoms with Crippen LogP contribution in [0.5, 0.6) is 17.2 Å². The molecule has 1 spiro atoms. The van der Waals surface area contributed by atoms with Crippen molar-refractivity contribution in [3.8, 4) is 17.2 Å². The van der Waals surface area contributed by atoms with E-state index in [0.717, 1.165) is 18.5 Å². The van der Waals surface area contributed by atoms with Gasteiger partial charge in [0.05, 0.1) is 24.3 Å². The van der Waals surface area contributed by atoms with E-state index in [9.17, 15) is 14.4 Å². The Morgan fingerprint density at radius 1 is 1.05 bits per heavy atom. The number of rotatable bonds is 5. The second kappa shape index (κ2) is 9.66. The molecule has 0 radical (unpaired) electrons. The van der Waals surface area contributed by atoms with Crippen LogP contribution in [0.3, 0.4) is 0 Å². The van der Waals surface area contributed by atoms with E-state index >= 15 is 0 Å². The predicted octanol–water partition coefficient (Wildman–Crippen LogP) is 2.61. The van der Waals surface area contributed by atoms with Gasteiger partial charge in [-0.15, -0.1) is 0 Å². The van der Waals surface area contributed by atoms with Gasteiger partial charge in [0, 0.05) is 68.3 Å². The highest BCUT2D eigenvalue weighted by Gasteiger charge is 2.46. The molecule has 0 unspecified atom stereocenters. The first kappa shape index (κ1) is 24.3. The molecule has 1 aromatic carbocycles. The summed E-state index contributed by atoms with van der Waals surface area (Å²) in [5.41, 5.74) is 1.82. The number of nitrogens with zero attached hydrogens (tertiary/aromatic N) is 4. The Labute approximate surface area is 219 Å². The number of ether oxygens (including phenoxy) is 3. The molecular formula is C28H30N4O6. The molecule has 198 valence electrons. The minimum Gasteiger partial charge on any atom is -0.495 e. The number of amides is 2. The summed E-state index contributed by atoms with van der Waals surface area (Å²) >= 11 is 0. The highest BCUT2D eigenvalue weighted by atomic mass is 16.6. The maximum Gasteiger partial charge on any atom is 0.251 e. The maximum absolute atomic E-state index is 13.1. The number of carbonyl (C=O) groups excluding carboxylic acids is 2. The zero-order valence-corrected chi connectivity index (χ0v) is 21.4. The monoisotopic (exact) mass is 518 g/mol. The van der Waals surface area contributed by atoms with Gasteiger partial charge in [0.1, 0.15) is 19.0 Å². The number of hydrogen-bond donors (Lipinski definition) is 0. The van der Waals surface area contributed by atoms with Crippen LogP contribution in [0.25, 0.3) is 11.0 Å². The van der Waals surface area contributed by atoms with Crippen molar-refractivity contribution in [3.05, 3.63) is 52.9 Å². The molecule has 10 nitrogen and oxygen atoms in total. The number of anilines is 1. The van der Waals surface area contributed by atoms with Crippen molar-refractivity contribution in [2.75, 3.05) is 44.9 Å². The topological polar surface area (TPSA) is 103 Å². The quantitative estimate of drug-likeness (QED) is 0.512. The Kier molecular flexibility index (Phi) is 6.17. The number of pyridine rings is 2. The summed E-state index contributed by atoms with van der Waals surface area (Å²) in [7, 11) is 1.55. The molecule has 3 aliphatic rings. The second-order valence-electron chi connectivity index (χ2n) is 10.2. The number of methoxy groups -OCH3 is 1. The lowest BCUT2D eigenvalue weighted by Gasteiger charge is -2.39. The van der Waals surface area contributed by atoms with E-state index in [1.807, 2.05) is 28.0 Å². The van der Waals surface area contributed by atoms with Gasteiger partial charge >= 0.3 is 0 Å². The molecule has 0 bridgehead atoms. The number of aromatic nitrogens is 2. The van der Waals surface area contributed by atoms with Crippen molar-refractivity contribution in [2.45, 2.75) is 32.2 Å². The molecular weight excluding hydrogens is 488 g/mol. The molecule has 3 aliphatic heterocycles. The molecule has 10 heteroatoms. The van der Waals surface area contributed by atoms with Gasteiger partial charge in [-0.3, -0.25) is 19.4 Å². The standard InChI is InChI=1S/C28H30N4O6/c1-36-20-15-22-21(29-17-20)3-5-26(34)31(22)9-6-25(33)30-10-7-28(8-11-30)16-27(35)32(18-28)19-2-4-23-24(14-19)38-13-12-37-23/h2-5,14-15,17H,6-13,16,18H2,1H3. The number of likely N-dealkylation sites (tertiary alicyclic amines) is 1. The molecule has 2 aromatic heterocycles. The molecule has 0 N–H and O–H groups in total. The van der Waals surface area contributed by atoms with Crippen LogP contribution in [0.4, 0.5) is 5.69 Å². The SMILES string of the molecule is COc1cnc2ccc(=O)n(CCC(=O)N3CCC4(CC3)CC(=O)N(c3ccc5c(c3)OCCO5)C4)c2c1. The number of hydrogen-bond acceptors (Lipinski definition) is 7. The summed E-state index contributed by atoms with van der Waals surface area (Å²) in [6, 6.07) is 10.6. The van der Waals surface area contributed by atoms with E-state index in [0.29, 0.717) is 67.6 Å². The molecule has 0 aliphatic carbocycles. The minimum atomic E-state index is -0.179. The van der Waals surface area contributed by atoms with Crippen LogP contribution < -0.4 is 24.7 Å². The van der Waals surface area contributed by atoms with Gasteiger partial charge in [-0.2, -0.15) is 0 Å². The normalized spacial score (nSPS) is 18.3. The van der Waals surface area contributed by atoms with Crippen molar-refractivity contribution in [1.82, 2.24) is 14.5 Å². The van der Waals surface area contributed by atoms with Gasteiger partial charge in [-0.05, 0) is 31.0 Å². The van der Waals surface area contributed by atoms with Crippen molar-refractivity contribution in [3.63, 3.8) is 0 Å². The van der Waals surface area contributed by atoms with Crippen LogP contribution >= 0.6 is 0 Å². The fourth-order valence-corrected chi connectivity index (χ4v) is 5.75. The van der Waals surface area contributed by atoms with Crippen LogP contribution in [-0.2, 0) is 16.1 Å². The van der Waals surface area contributed by atoms with Crippen LogP contribution in [-0.4, -0.2) is 66.2 Å². The van der Waals surface area contributed by atoms with Crippen LogP contribution in [0.2, 0.25) is 0 Å². The molecule has 0 saturated carbocycles. The van der Waals surface area contributed by atoms with E-state index in [4.69, 9.17) is 14.2 Å². The Balaban J connectivity index is 1.09. The number of benzene rings is 1. The summed E-state index contributed by atoms with van der Waals surface area (Å²) in [5.74, 6) is 2.03. The van der Waals surface area contributed by atoms with Gasteiger partial charge < -0.3 is 28.6 Å². The van der Waals surface area contributed by atoms with Crippen LogP contribution in [0.15, 0.2) is 47.4 Å². The highest BCUT2D eigenvalue weighted by molar-refractivity contribution is 5.96. The lowest BCUT2D eigenvalue weighted by molar-refractivity contribution is -0.133.